The van der Waals surface area contributed by atoms with Crippen LogP contribution in [-0.4, -0.2) is 60.7 Å². The number of rotatable bonds is 5. The summed E-state index contributed by atoms with van der Waals surface area (Å²) in [4.78, 5) is 46.6. The maximum atomic E-state index is 14.4. The molecule has 2 fully saturated rings. The summed E-state index contributed by atoms with van der Waals surface area (Å²) < 4.78 is 25.5. The van der Waals surface area contributed by atoms with Gasteiger partial charge in [-0.25, -0.2) is 14.2 Å². The molecule has 2 amide bonds. The largest absolute Gasteiger partial charge is 0.475 e. The average Bonchev–Trinajstić information content (AvgIpc) is 3.39. The minimum absolute atomic E-state index is 0.188. The topological polar surface area (TPSA) is 125 Å². The molecule has 2 aromatic heterocycles. The number of carbonyl (C=O) groups is 3. The molecule has 1 spiro atoms. The molecule has 2 saturated heterocycles. The molecule has 7 rings (SSSR count). The van der Waals surface area contributed by atoms with E-state index in [1.165, 1.54) is 29.2 Å². The van der Waals surface area contributed by atoms with E-state index in [4.69, 9.17) is 9.15 Å². The van der Waals surface area contributed by atoms with E-state index in [1.54, 1.807) is 42.6 Å². The quantitative estimate of drug-likeness (QED) is 0.320. The van der Waals surface area contributed by atoms with Crippen LogP contribution in [0.15, 0.2) is 71.3 Å². The Balaban J connectivity index is 1.08. The zero-order chi connectivity index (χ0) is 30.4. The molecule has 0 radical (unpaired) electrons. The Kier molecular flexibility index (Phi) is 6.89. The van der Waals surface area contributed by atoms with Gasteiger partial charge in [0.2, 0.25) is 5.76 Å². The van der Waals surface area contributed by atoms with Crippen molar-refractivity contribution >= 4 is 35.0 Å². The second-order valence-electron chi connectivity index (χ2n) is 11.5. The molecule has 3 aliphatic heterocycles. The molecule has 11 heteroatoms. The van der Waals surface area contributed by atoms with Crippen LogP contribution < -0.4 is 15.1 Å². The van der Waals surface area contributed by atoms with Gasteiger partial charge in [0.1, 0.15) is 17.4 Å². The number of carbonyl (C=O) groups excluding carboxylic acids is 2. The summed E-state index contributed by atoms with van der Waals surface area (Å²) in [5.74, 6) is -1.67. The third kappa shape index (κ3) is 4.98. The van der Waals surface area contributed by atoms with Crippen LogP contribution in [0, 0.1) is 11.2 Å². The Morgan fingerprint density at radius 1 is 1.00 bits per heavy atom. The molecular formula is C33H29FN4O6. The molecule has 5 heterocycles. The second kappa shape index (κ2) is 10.9. The number of aromatic carboxylic acids is 1. The summed E-state index contributed by atoms with van der Waals surface area (Å²) in [7, 11) is 0. The van der Waals surface area contributed by atoms with Crippen molar-refractivity contribution in [3.8, 4) is 11.3 Å². The predicted octanol–water partition coefficient (Wildman–Crippen LogP) is 5.25. The Morgan fingerprint density at radius 2 is 1.77 bits per heavy atom. The lowest BCUT2D eigenvalue weighted by Gasteiger charge is -2.53. The highest BCUT2D eigenvalue weighted by molar-refractivity contribution is 6.10. The van der Waals surface area contributed by atoms with Crippen molar-refractivity contribution in [3.05, 3.63) is 95.1 Å². The Hall–Kier alpha value is -5.03. The number of furan rings is 1. The van der Waals surface area contributed by atoms with Gasteiger partial charge in [-0.05, 0) is 79.9 Å². The van der Waals surface area contributed by atoms with Crippen molar-refractivity contribution in [2.45, 2.75) is 19.3 Å². The third-order valence-corrected chi connectivity index (χ3v) is 8.69. The maximum Gasteiger partial charge on any atom is 0.371 e. The number of halogens is 1. The summed E-state index contributed by atoms with van der Waals surface area (Å²) in [5, 5.41) is 12.3. The molecule has 0 aliphatic carbocycles. The van der Waals surface area contributed by atoms with E-state index in [1.807, 2.05) is 0 Å². The molecule has 0 bridgehead atoms. The van der Waals surface area contributed by atoms with Gasteiger partial charge in [-0.2, -0.15) is 0 Å². The summed E-state index contributed by atoms with van der Waals surface area (Å²) in [6.45, 7) is 3.40. The van der Waals surface area contributed by atoms with Gasteiger partial charge in [0.15, 0.2) is 0 Å². The van der Waals surface area contributed by atoms with Gasteiger partial charge >= 0.3 is 5.97 Å². The zero-order valence-electron chi connectivity index (χ0n) is 23.7. The molecule has 44 heavy (non-hydrogen) atoms. The number of aromatic nitrogens is 1. The fourth-order valence-electron chi connectivity index (χ4n) is 6.34. The second-order valence-corrected chi connectivity index (χ2v) is 11.5. The van der Waals surface area contributed by atoms with Gasteiger partial charge < -0.3 is 29.4 Å². The van der Waals surface area contributed by atoms with Gasteiger partial charge in [-0.3, -0.25) is 9.59 Å². The number of fused-ring (bicyclic) bond motifs is 3. The van der Waals surface area contributed by atoms with Crippen LogP contribution >= 0.6 is 0 Å². The van der Waals surface area contributed by atoms with Crippen LogP contribution in [-0.2, 0) is 11.2 Å². The Bertz CT molecular complexity index is 1770. The van der Waals surface area contributed by atoms with Gasteiger partial charge in [-0.1, -0.05) is 0 Å². The van der Waals surface area contributed by atoms with E-state index in [2.05, 4.69) is 15.2 Å². The molecule has 0 atom stereocenters. The highest BCUT2D eigenvalue weighted by Gasteiger charge is 2.45. The first kappa shape index (κ1) is 27.8. The monoisotopic (exact) mass is 596 g/mol. The number of carboxylic acids is 1. The first-order chi connectivity index (χ1) is 21.3. The minimum Gasteiger partial charge on any atom is -0.475 e. The number of hydrogen-bond acceptors (Lipinski definition) is 7. The first-order valence-electron chi connectivity index (χ1n) is 14.5. The fraction of sp³-hybridized carbons (Fsp3) is 0.273. The number of ether oxygens (including phenoxy) is 1. The van der Waals surface area contributed by atoms with Crippen molar-refractivity contribution in [1.29, 1.82) is 0 Å². The van der Waals surface area contributed by atoms with Crippen LogP contribution in [0.4, 0.5) is 21.6 Å². The van der Waals surface area contributed by atoms with E-state index < -0.39 is 11.8 Å². The summed E-state index contributed by atoms with van der Waals surface area (Å²) in [6, 6.07) is 15.4. The van der Waals surface area contributed by atoms with Crippen LogP contribution in [0.2, 0.25) is 0 Å². The maximum absolute atomic E-state index is 14.4. The number of pyridine rings is 1. The molecule has 3 aliphatic rings. The minimum atomic E-state index is -1.20. The van der Waals surface area contributed by atoms with Crippen molar-refractivity contribution < 1.29 is 33.0 Å². The molecule has 10 nitrogen and oxygen atoms in total. The number of hydrogen-bond donors (Lipinski definition) is 2. The highest BCUT2D eigenvalue weighted by Crippen LogP contribution is 2.42. The van der Waals surface area contributed by atoms with Crippen LogP contribution in [0.5, 0.6) is 0 Å². The van der Waals surface area contributed by atoms with Crippen LogP contribution in [0.25, 0.3) is 11.3 Å². The average molecular weight is 597 g/mol. The van der Waals surface area contributed by atoms with Crippen molar-refractivity contribution in [2.75, 3.05) is 48.0 Å². The first-order valence-corrected chi connectivity index (χ1v) is 14.5. The lowest BCUT2D eigenvalue weighted by Crippen LogP contribution is -2.59. The Labute approximate surface area is 252 Å². The number of nitrogens with one attached hydrogen (secondary N) is 1. The predicted molar refractivity (Wildman–Crippen MR) is 160 cm³/mol. The number of carboxylic acid groups (broad SMARTS) is 1. The van der Waals surface area contributed by atoms with E-state index in [0.29, 0.717) is 45.9 Å². The van der Waals surface area contributed by atoms with Crippen LogP contribution in [0.3, 0.4) is 0 Å². The number of nitrogens with zero attached hydrogens (tertiary/aromatic N) is 3. The van der Waals surface area contributed by atoms with Gasteiger partial charge in [-0.15, -0.1) is 0 Å². The Morgan fingerprint density at radius 3 is 2.52 bits per heavy atom. The number of benzene rings is 2. The highest BCUT2D eigenvalue weighted by atomic mass is 19.1. The SMILES string of the molecule is O=C(O)c1cc2c(o1)-c1ccc(F)cc1N(C(=O)c1ccc(NC(=O)c3cccnc3N3CC4(CCOCC4)C3)cc1)CC2. The number of amides is 2. The molecule has 0 unspecified atom stereocenters. The van der Waals surface area contributed by atoms with E-state index in [-0.39, 0.29) is 35.2 Å². The molecule has 0 saturated carbocycles. The number of anilines is 3. The molecule has 2 aromatic carbocycles. The van der Waals surface area contributed by atoms with Gasteiger partial charge in [0, 0.05) is 66.8 Å². The molecule has 224 valence electrons. The van der Waals surface area contributed by atoms with E-state index in [0.717, 1.165) is 39.1 Å². The van der Waals surface area contributed by atoms with Crippen LogP contribution in [0.1, 0.15) is 49.7 Å². The zero-order valence-corrected chi connectivity index (χ0v) is 23.7. The van der Waals surface area contributed by atoms with E-state index >= 15 is 0 Å². The standard InChI is InChI=1S/C33H29FN4O6/c34-22-5-8-24-26(17-22)38(13-9-21-16-27(32(41)42)44-28(21)24)31(40)20-3-6-23(7-4-20)36-30(39)25-2-1-12-35-29(25)37-18-33(19-37)10-14-43-15-11-33/h1-8,12,16-17H,9-11,13-15,18-19H2,(H,36,39)(H,41,42). The van der Waals surface area contributed by atoms with Gasteiger partial charge in [0.05, 0.1) is 11.3 Å². The summed E-state index contributed by atoms with van der Waals surface area (Å²) >= 11 is 0. The summed E-state index contributed by atoms with van der Waals surface area (Å²) in [6.07, 6.45) is 4.03. The summed E-state index contributed by atoms with van der Waals surface area (Å²) in [5.41, 5.74) is 2.89. The van der Waals surface area contributed by atoms with Crippen molar-refractivity contribution in [3.63, 3.8) is 0 Å². The smallest absolute Gasteiger partial charge is 0.371 e. The lowest BCUT2D eigenvalue weighted by molar-refractivity contribution is -0.000511. The van der Waals surface area contributed by atoms with Crippen molar-refractivity contribution in [1.82, 2.24) is 4.98 Å². The molecular weight excluding hydrogens is 567 g/mol. The van der Waals surface area contributed by atoms with Crippen molar-refractivity contribution in [2.24, 2.45) is 5.41 Å². The van der Waals surface area contributed by atoms with E-state index in [9.17, 15) is 23.9 Å². The molecule has 2 N–H and O–H groups in total. The normalized spacial score (nSPS) is 16.8. The third-order valence-electron chi connectivity index (χ3n) is 8.69. The molecule has 4 aromatic rings. The van der Waals surface area contributed by atoms with Gasteiger partial charge in [0.25, 0.3) is 11.8 Å². The lowest BCUT2D eigenvalue weighted by atomic mass is 9.73. The fourth-order valence-corrected chi connectivity index (χ4v) is 6.34.